The standard InChI is InChI=1S/C12H24O2.C3H7O2/c1-2-3-4-5-6-7-8-9-10-11-12(13)14;1-5-3-2-4/h2-11H2,1H3,(H,13,14);2-3H2,1H3. The Bertz CT molecular complexity index is 170. The molecule has 0 saturated carbocycles. The predicted molar refractivity (Wildman–Crippen MR) is 76.9 cm³/mol. The van der Waals surface area contributed by atoms with Crippen molar-refractivity contribution in [3.05, 3.63) is 0 Å². The smallest absolute Gasteiger partial charge is 0.303 e. The monoisotopic (exact) mass is 275 g/mol. The summed E-state index contributed by atoms with van der Waals surface area (Å²) in [5.74, 6) is -0.659. The number of ether oxygens (including phenoxy) is 1. The lowest BCUT2D eigenvalue weighted by atomic mass is 10.1. The molecule has 4 heteroatoms. The Morgan fingerprint density at radius 3 is 1.74 bits per heavy atom. The summed E-state index contributed by atoms with van der Waals surface area (Å²) < 4.78 is 4.38. The van der Waals surface area contributed by atoms with Crippen molar-refractivity contribution in [2.45, 2.75) is 71.1 Å². The molecule has 1 radical (unpaired) electrons. The van der Waals surface area contributed by atoms with E-state index in [1.165, 1.54) is 52.1 Å². The van der Waals surface area contributed by atoms with Crippen molar-refractivity contribution < 1.29 is 19.7 Å². The van der Waals surface area contributed by atoms with E-state index in [1.807, 2.05) is 0 Å². The molecule has 0 bridgehead atoms. The number of carboxylic acid groups (broad SMARTS) is 1. The van der Waals surface area contributed by atoms with Gasteiger partial charge in [0.05, 0.1) is 6.61 Å². The zero-order chi connectivity index (χ0) is 14.8. The van der Waals surface area contributed by atoms with Gasteiger partial charge in [-0.15, -0.1) is 0 Å². The van der Waals surface area contributed by atoms with Crippen molar-refractivity contribution in [2.24, 2.45) is 0 Å². The number of rotatable bonds is 12. The second-order valence-corrected chi connectivity index (χ2v) is 4.67. The van der Waals surface area contributed by atoms with E-state index < -0.39 is 5.97 Å². The van der Waals surface area contributed by atoms with Crippen LogP contribution in [0.3, 0.4) is 0 Å². The average Bonchev–Trinajstić information content (AvgIpc) is 2.38. The van der Waals surface area contributed by atoms with Gasteiger partial charge >= 0.3 is 5.97 Å². The third-order valence-corrected chi connectivity index (χ3v) is 2.78. The first kappa shape index (κ1) is 20.7. The van der Waals surface area contributed by atoms with Gasteiger partial charge in [0.2, 0.25) is 0 Å². The Kier molecular flexibility index (Phi) is 21.5. The molecule has 115 valence electrons. The van der Waals surface area contributed by atoms with E-state index in [-0.39, 0.29) is 6.61 Å². The number of hydrogen-bond donors (Lipinski definition) is 1. The lowest BCUT2D eigenvalue weighted by molar-refractivity contribution is -0.137. The number of carbonyl (C=O) groups is 1. The summed E-state index contributed by atoms with van der Waals surface area (Å²) in [6.45, 7) is 2.43. The minimum Gasteiger partial charge on any atom is -0.481 e. The fourth-order valence-electron chi connectivity index (χ4n) is 1.67. The number of aliphatic carboxylic acids is 1. The summed E-state index contributed by atoms with van der Waals surface area (Å²) in [6.07, 6.45) is 11.5. The molecular weight excluding hydrogens is 244 g/mol. The molecule has 0 aromatic heterocycles. The van der Waals surface area contributed by atoms with E-state index in [4.69, 9.17) is 5.11 Å². The van der Waals surface area contributed by atoms with Gasteiger partial charge in [0.25, 0.3) is 0 Å². The van der Waals surface area contributed by atoms with Gasteiger partial charge in [-0.1, -0.05) is 58.3 Å². The summed E-state index contributed by atoms with van der Waals surface area (Å²) in [5.41, 5.74) is 0. The van der Waals surface area contributed by atoms with Crippen molar-refractivity contribution >= 4 is 5.97 Å². The van der Waals surface area contributed by atoms with Crippen LogP contribution in [0.15, 0.2) is 0 Å². The fourth-order valence-corrected chi connectivity index (χ4v) is 1.67. The third kappa shape index (κ3) is 26.8. The van der Waals surface area contributed by atoms with E-state index in [1.54, 1.807) is 0 Å². The first-order chi connectivity index (χ1) is 9.18. The highest BCUT2D eigenvalue weighted by atomic mass is 16.5. The molecule has 0 rings (SSSR count). The van der Waals surface area contributed by atoms with Gasteiger partial charge in [-0.05, 0) is 6.42 Å². The lowest BCUT2D eigenvalue weighted by Crippen LogP contribution is -1.93. The van der Waals surface area contributed by atoms with Crippen molar-refractivity contribution in [1.29, 1.82) is 0 Å². The van der Waals surface area contributed by atoms with Crippen LogP contribution >= 0.6 is 0 Å². The largest absolute Gasteiger partial charge is 0.481 e. The van der Waals surface area contributed by atoms with Crippen molar-refractivity contribution in [1.82, 2.24) is 0 Å². The molecule has 0 aliphatic heterocycles. The summed E-state index contributed by atoms with van der Waals surface area (Å²) in [7, 11) is 1.51. The molecule has 0 amide bonds. The van der Waals surface area contributed by atoms with Crippen LogP contribution in [0.2, 0.25) is 0 Å². The fraction of sp³-hybridized carbons (Fsp3) is 0.933. The quantitative estimate of drug-likeness (QED) is 0.546. The molecular formula is C15H31O4. The third-order valence-electron chi connectivity index (χ3n) is 2.78. The summed E-state index contributed by atoms with van der Waals surface area (Å²) >= 11 is 0. The SMILES string of the molecule is CCCCCCCCCCCC(=O)O.COCC[O]. The minimum absolute atomic E-state index is 0.128. The van der Waals surface area contributed by atoms with Crippen LogP contribution in [0, 0.1) is 0 Å². The molecule has 0 aliphatic rings. The molecule has 1 N–H and O–H groups in total. The highest BCUT2D eigenvalue weighted by Crippen LogP contribution is 2.10. The maximum absolute atomic E-state index is 10.2. The number of hydrogen-bond acceptors (Lipinski definition) is 2. The van der Waals surface area contributed by atoms with Crippen LogP contribution in [-0.2, 0) is 14.6 Å². The van der Waals surface area contributed by atoms with Crippen LogP contribution in [0.25, 0.3) is 0 Å². The maximum Gasteiger partial charge on any atom is 0.303 e. The molecule has 0 unspecified atom stereocenters. The first-order valence-electron chi connectivity index (χ1n) is 7.47. The summed E-state index contributed by atoms with van der Waals surface area (Å²) in [4.78, 5) is 10.2. The zero-order valence-electron chi connectivity index (χ0n) is 12.7. The van der Waals surface area contributed by atoms with Crippen LogP contribution in [-0.4, -0.2) is 31.4 Å². The molecule has 0 fully saturated rings. The second-order valence-electron chi connectivity index (χ2n) is 4.67. The van der Waals surface area contributed by atoms with E-state index in [0.29, 0.717) is 13.0 Å². The van der Waals surface area contributed by atoms with Gasteiger partial charge < -0.3 is 9.84 Å². The van der Waals surface area contributed by atoms with Crippen molar-refractivity contribution in [3.8, 4) is 0 Å². The van der Waals surface area contributed by atoms with Gasteiger partial charge in [0, 0.05) is 13.5 Å². The Hall–Kier alpha value is -0.610. The van der Waals surface area contributed by atoms with Crippen LogP contribution in [0.4, 0.5) is 0 Å². The highest BCUT2D eigenvalue weighted by Gasteiger charge is 1.96. The Morgan fingerprint density at radius 1 is 0.947 bits per heavy atom. The normalized spacial score (nSPS) is 9.84. The molecule has 0 spiro atoms. The second kappa shape index (κ2) is 19.7. The van der Waals surface area contributed by atoms with Gasteiger partial charge in [0.15, 0.2) is 0 Å². The minimum atomic E-state index is -0.659. The summed E-state index contributed by atoms with van der Waals surface area (Å²) in [6, 6.07) is 0. The predicted octanol–water partition coefficient (Wildman–Crippen LogP) is 4.06. The molecule has 4 nitrogen and oxygen atoms in total. The number of carboxylic acids is 1. The van der Waals surface area contributed by atoms with Gasteiger partial charge in [-0.3, -0.25) is 4.79 Å². The highest BCUT2D eigenvalue weighted by molar-refractivity contribution is 5.66. The summed E-state index contributed by atoms with van der Waals surface area (Å²) in [5, 5.41) is 17.8. The molecule has 0 saturated heterocycles. The molecule has 0 aliphatic carbocycles. The van der Waals surface area contributed by atoms with E-state index in [9.17, 15) is 9.90 Å². The molecule has 0 aromatic rings. The molecule has 0 aromatic carbocycles. The number of methoxy groups -OCH3 is 1. The van der Waals surface area contributed by atoms with Crippen molar-refractivity contribution in [3.63, 3.8) is 0 Å². The molecule has 19 heavy (non-hydrogen) atoms. The van der Waals surface area contributed by atoms with Gasteiger partial charge in [-0.2, -0.15) is 0 Å². The van der Waals surface area contributed by atoms with Crippen LogP contribution in [0.1, 0.15) is 71.1 Å². The van der Waals surface area contributed by atoms with Gasteiger partial charge in [0.1, 0.15) is 6.61 Å². The van der Waals surface area contributed by atoms with E-state index >= 15 is 0 Å². The Morgan fingerprint density at radius 2 is 1.42 bits per heavy atom. The molecule has 0 atom stereocenters. The van der Waals surface area contributed by atoms with Crippen molar-refractivity contribution in [2.75, 3.05) is 20.3 Å². The van der Waals surface area contributed by atoms with Gasteiger partial charge in [-0.25, -0.2) is 5.11 Å². The zero-order valence-corrected chi connectivity index (χ0v) is 12.7. The lowest BCUT2D eigenvalue weighted by Gasteiger charge is -2.00. The van der Waals surface area contributed by atoms with Crippen LogP contribution in [0.5, 0.6) is 0 Å². The average molecular weight is 275 g/mol. The molecule has 0 heterocycles. The Balaban J connectivity index is 0. The first-order valence-corrected chi connectivity index (χ1v) is 7.47. The topological polar surface area (TPSA) is 66.4 Å². The Labute approximate surface area is 118 Å². The maximum atomic E-state index is 10.2. The number of unbranched alkanes of at least 4 members (excludes halogenated alkanes) is 8. The van der Waals surface area contributed by atoms with E-state index in [2.05, 4.69) is 11.7 Å². The van der Waals surface area contributed by atoms with Crippen LogP contribution < -0.4 is 0 Å². The van der Waals surface area contributed by atoms with E-state index in [0.717, 1.165) is 12.8 Å².